The highest BCUT2D eigenvalue weighted by molar-refractivity contribution is 5.79. The zero-order valence-corrected chi connectivity index (χ0v) is 11.4. The Bertz CT molecular complexity index is 326. The molecule has 0 heterocycles. The lowest BCUT2D eigenvalue weighted by Gasteiger charge is -2.56. The molecule has 3 heteroatoms. The Morgan fingerprint density at radius 1 is 1.22 bits per heavy atom. The third-order valence-corrected chi connectivity index (χ3v) is 5.38. The quantitative estimate of drug-likeness (QED) is 0.719. The van der Waals surface area contributed by atoms with E-state index < -0.39 is 11.6 Å². The third kappa shape index (κ3) is 1.96. The Balaban J connectivity index is 1.74. The van der Waals surface area contributed by atoms with Crippen molar-refractivity contribution in [1.29, 1.82) is 0 Å². The van der Waals surface area contributed by atoms with Crippen molar-refractivity contribution in [3.63, 3.8) is 0 Å². The third-order valence-electron chi connectivity index (χ3n) is 5.38. The summed E-state index contributed by atoms with van der Waals surface area (Å²) in [6, 6.07) is 0. The molecule has 0 spiro atoms. The summed E-state index contributed by atoms with van der Waals surface area (Å²) in [5.41, 5.74) is -2.13. The Morgan fingerprint density at radius 3 is 2.06 bits per heavy atom. The van der Waals surface area contributed by atoms with Gasteiger partial charge in [0, 0.05) is 0 Å². The number of ether oxygens (including phenoxy) is 1. The molecule has 0 aromatic heterocycles. The van der Waals surface area contributed by atoms with Crippen LogP contribution in [-0.2, 0) is 9.53 Å². The van der Waals surface area contributed by atoms with Gasteiger partial charge in [-0.2, -0.15) is 0 Å². The highest BCUT2D eigenvalue weighted by Gasteiger charge is 2.54. The molecule has 0 radical (unpaired) electrons. The molecule has 1 atom stereocenters. The minimum atomic E-state index is -1.82. The molecule has 4 aliphatic carbocycles. The van der Waals surface area contributed by atoms with Crippen LogP contribution in [0, 0.1) is 17.8 Å². The maximum Gasteiger partial charge on any atom is 0.344 e. The summed E-state index contributed by atoms with van der Waals surface area (Å²) in [5, 5.41) is 0. The van der Waals surface area contributed by atoms with Gasteiger partial charge in [0.05, 0.1) is 0 Å². The van der Waals surface area contributed by atoms with Crippen LogP contribution in [0.3, 0.4) is 0 Å². The van der Waals surface area contributed by atoms with E-state index in [4.69, 9.17) is 4.74 Å². The average molecular weight is 254 g/mol. The smallest absolute Gasteiger partial charge is 0.344 e. The molecular formula is C15H23FO2. The molecule has 2 nitrogen and oxygen atoms in total. The first-order chi connectivity index (χ1) is 8.42. The second kappa shape index (κ2) is 3.94. The fraction of sp³-hybridized carbons (Fsp3) is 0.933. The van der Waals surface area contributed by atoms with Crippen molar-refractivity contribution in [1.82, 2.24) is 0 Å². The van der Waals surface area contributed by atoms with Crippen LogP contribution in [0.4, 0.5) is 4.39 Å². The molecule has 1 unspecified atom stereocenters. The van der Waals surface area contributed by atoms with E-state index in [0.29, 0.717) is 0 Å². The Labute approximate surface area is 108 Å². The fourth-order valence-corrected chi connectivity index (χ4v) is 4.60. The van der Waals surface area contributed by atoms with E-state index in [0.717, 1.165) is 37.0 Å². The van der Waals surface area contributed by atoms with E-state index in [1.54, 1.807) is 6.92 Å². The van der Waals surface area contributed by atoms with Gasteiger partial charge in [0.25, 0.3) is 0 Å². The summed E-state index contributed by atoms with van der Waals surface area (Å²) < 4.78 is 19.7. The second-order valence-electron chi connectivity index (χ2n) is 7.04. The molecular weight excluding hydrogens is 231 g/mol. The lowest BCUT2D eigenvalue weighted by Crippen LogP contribution is -2.54. The average Bonchev–Trinajstić information content (AvgIpc) is 2.26. The lowest BCUT2D eigenvalue weighted by atomic mass is 9.54. The molecule has 0 amide bonds. The number of carbonyl (C=O) groups is 1. The largest absolute Gasteiger partial charge is 0.457 e. The molecule has 4 aliphatic rings. The van der Waals surface area contributed by atoms with Crippen LogP contribution < -0.4 is 0 Å². The van der Waals surface area contributed by atoms with E-state index in [9.17, 15) is 9.18 Å². The number of hydrogen-bond acceptors (Lipinski definition) is 2. The minimum Gasteiger partial charge on any atom is -0.457 e. The Morgan fingerprint density at radius 2 is 1.67 bits per heavy atom. The molecule has 0 aromatic carbocycles. The lowest BCUT2D eigenvalue weighted by molar-refractivity contribution is -0.198. The molecule has 0 saturated heterocycles. The minimum absolute atomic E-state index is 0.193. The SMILES string of the molecule is CCC(C)(F)C(=O)OC12CC3CC(CC(C3)C1)C2. The fourth-order valence-electron chi connectivity index (χ4n) is 4.60. The predicted molar refractivity (Wildman–Crippen MR) is 66.8 cm³/mol. The van der Waals surface area contributed by atoms with Gasteiger partial charge in [-0.3, -0.25) is 0 Å². The van der Waals surface area contributed by atoms with Crippen LogP contribution in [0.1, 0.15) is 58.8 Å². The molecule has 4 rings (SSSR count). The summed E-state index contributed by atoms with van der Waals surface area (Å²) in [7, 11) is 0. The van der Waals surface area contributed by atoms with Crippen molar-refractivity contribution in [3.8, 4) is 0 Å². The number of halogens is 1. The Hall–Kier alpha value is -0.600. The van der Waals surface area contributed by atoms with Gasteiger partial charge >= 0.3 is 5.97 Å². The maximum atomic E-state index is 14.0. The number of esters is 1. The molecule has 0 N–H and O–H groups in total. The topological polar surface area (TPSA) is 26.3 Å². The van der Waals surface area contributed by atoms with E-state index >= 15 is 0 Å². The standard InChI is InChI=1S/C15H23FO2/c1-3-14(2,16)13(17)18-15-7-10-4-11(8-15)6-12(5-10)9-15/h10-12H,3-9H2,1-2H3. The summed E-state index contributed by atoms with van der Waals surface area (Å²) in [6.45, 7) is 3.04. The summed E-state index contributed by atoms with van der Waals surface area (Å²) in [6.07, 6.45) is 7.03. The van der Waals surface area contributed by atoms with Crippen LogP contribution in [-0.4, -0.2) is 17.2 Å². The van der Waals surface area contributed by atoms with Crippen molar-refractivity contribution < 1.29 is 13.9 Å². The first-order valence-electron chi connectivity index (χ1n) is 7.35. The van der Waals surface area contributed by atoms with Crippen molar-refractivity contribution in [3.05, 3.63) is 0 Å². The van der Waals surface area contributed by atoms with Gasteiger partial charge in [-0.25, -0.2) is 9.18 Å². The van der Waals surface area contributed by atoms with Crippen molar-refractivity contribution in [2.45, 2.75) is 70.1 Å². The molecule has 18 heavy (non-hydrogen) atoms. The van der Waals surface area contributed by atoms with Crippen LogP contribution in [0.2, 0.25) is 0 Å². The van der Waals surface area contributed by atoms with E-state index in [1.807, 2.05) is 0 Å². The highest BCUT2D eigenvalue weighted by Crippen LogP contribution is 2.57. The molecule has 102 valence electrons. The van der Waals surface area contributed by atoms with Crippen LogP contribution in [0.15, 0.2) is 0 Å². The molecule has 4 bridgehead atoms. The number of hydrogen-bond donors (Lipinski definition) is 0. The van der Waals surface area contributed by atoms with E-state index in [2.05, 4.69) is 0 Å². The van der Waals surface area contributed by atoms with E-state index in [1.165, 1.54) is 26.2 Å². The van der Waals surface area contributed by atoms with Crippen molar-refractivity contribution >= 4 is 5.97 Å². The Kier molecular flexibility index (Phi) is 2.73. The van der Waals surface area contributed by atoms with Gasteiger partial charge in [0.2, 0.25) is 5.67 Å². The first-order valence-corrected chi connectivity index (χ1v) is 7.35. The second-order valence-corrected chi connectivity index (χ2v) is 7.04. The maximum absolute atomic E-state index is 14.0. The van der Waals surface area contributed by atoms with Crippen LogP contribution in [0.25, 0.3) is 0 Å². The first kappa shape index (κ1) is 12.4. The van der Waals surface area contributed by atoms with Gasteiger partial charge < -0.3 is 4.74 Å². The normalized spacial score (nSPS) is 44.7. The molecule has 4 saturated carbocycles. The highest BCUT2D eigenvalue weighted by atomic mass is 19.1. The summed E-state index contributed by atoms with van der Waals surface area (Å²) in [4.78, 5) is 12.0. The van der Waals surface area contributed by atoms with Gasteiger partial charge in [0.15, 0.2) is 0 Å². The van der Waals surface area contributed by atoms with Gasteiger partial charge in [-0.15, -0.1) is 0 Å². The van der Waals surface area contributed by atoms with E-state index in [-0.39, 0.29) is 12.0 Å². The van der Waals surface area contributed by atoms with Crippen molar-refractivity contribution in [2.24, 2.45) is 17.8 Å². The molecule has 4 fully saturated rings. The predicted octanol–water partition coefficient (Wildman–Crippen LogP) is 3.64. The molecule has 0 aromatic rings. The monoisotopic (exact) mass is 254 g/mol. The van der Waals surface area contributed by atoms with Gasteiger partial charge in [-0.05, 0) is 69.6 Å². The zero-order chi connectivity index (χ0) is 13.0. The van der Waals surface area contributed by atoms with Crippen molar-refractivity contribution in [2.75, 3.05) is 0 Å². The van der Waals surface area contributed by atoms with Gasteiger partial charge in [0.1, 0.15) is 5.60 Å². The number of alkyl halides is 1. The van der Waals surface area contributed by atoms with Gasteiger partial charge in [-0.1, -0.05) is 6.92 Å². The summed E-state index contributed by atoms with van der Waals surface area (Å²) >= 11 is 0. The number of rotatable bonds is 3. The zero-order valence-electron chi connectivity index (χ0n) is 11.4. The summed E-state index contributed by atoms with van der Waals surface area (Å²) in [5.74, 6) is 1.52. The number of carbonyl (C=O) groups excluding carboxylic acids is 1. The van der Waals surface area contributed by atoms with Crippen LogP contribution in [0.5, 0.6) is 0 Å². The van der Waals surface area contributed by atoms with Crippen LogP contribution >= 0.6 is 0 Å². The molecule has 0 aliphatic heterocycles.